The maximum atomic E-state index is 13.4. The van der Waals surface area contributed by atoms with Gasteiger partial charge in [0.05, 0.1) is 12.4 Å². The maximum absolute atomic E-state index is 13.4. The van der Waals surface area contributed by atoms with Crippen LogP contribution in [0.2, 0.25) is 0 Å². The van der Waals surface area contributed by atoms with E-state index in [9.17, 15) is 29.4 Å². The molecule has 0 spiro atoms. The summed E-state index contributed by atoms with van der Waals surface area (Å²) in [6.45, 7) is 6.96. The van der Waals surface area contributed by atoms with Crippen LogP contribution in [0, 0.1) is 11.8 Å². The quantitative estimate of drug-likeness (QED) is 0.183. The van der Waals surface area contributed by atoms with Gasteiger partial charge in [-0.3, -0.25) is 14.4 Å². The molecule has 2 aromatic rings. The largest absolute Gasteiger partial charge is 0.508 e. The SMILES string of the molecule is CCC(C)C(NC(=O)C(Cc1ccc(O)cc1)NC(=O)C(N)Cc1cnc[nH]1)C(=O)NC(C(=O)O)C(C)C. The second-order valence-corrected chi connectivity index (χ2v) is 9.76. The van der Waals surface area contributed by atoms with Gasteiger partial charge in [-0.05, 0) is 29.5 Å². The number of aromatic amines is 1. The molecule has 0 saturated carbocycles. The molecule has 1 aromatic carbocycles. The molecule has 1 heterocycles. The molecule has 1 aromatic heterocycles. The summed E-state index contributed by atoms with van der Waals surface area (Å²) in [7, 11) is 0. The smallest absolute Gasteiger partial charge is 0.326 e. The minimum absolute atomic E-state index is 0.0482. The van der Waals surface area contributed by atoms with E-state index in [0.717, 1.165) is 0 Å². The number of nitrogens with two attached hydrogens (primary N) is 1. The van der Waals surface area contributed by atoms with Crippen molar-refractivity contribution >= 4 is 23.7 Å². The number of phenolic OH excluding ortho intramolecular Hbond substituents is 1. The van der Waals surface area contributed by atoms with E-state index in [1.54, 1.807) is 39.1 Å². The standard InChI is InChI=1S/C26H38N6O6/c1-5-15(4)22(25(36)31-21(14(2)3)26(37)38)32-24(35)20(10-16-6-8-18(33)9-7-16)30-23(34)19(27)11-17-12-28-13-29-17/h6-9,12-15,19-22,33H,5,10-11,27H2,1-4H3,(H,28,29)(H,30,34)(H,31,36)(H,32,35)(H,37,38). The van der Waals surface area contributed by atoms with Crippen molar-refractivity contribution < 1.29 is 29.4 Å². The Bertz CT molecular complexity index is 1070. The number of carbonyl (C=O) groups excluding carboxylic acids is 3. The van der Waals surface area contributed by atoms with Gasteiger partial charge < -0.3 is 36.9 Å². The lowest BCUT2D eigenvalue weighted by Gasteiger charge is -2.29. The predicted molar refractivity (Wildman–Crippen MR) is 140 cm³/mol. The third kappa shape index (κ3) is 8.87. The molecular weight excluding hydrogens is 492 g/mol. The van der Waals surface area contributed by atoms with Gasteiger partial charge in [-0.1, -0.05) is 46.2 Å². The van der Waals surface area contributed by atoms with Crippen molar-refractivity contribution in [2.75, 3.05) is 0 Å². The van der Waals surface area contributed by atoms with Gasteiger partial charge in [-0.15, -0.1) is 0 Å². The molecule has 2 rings (SSSR count). The first-order valence-electron chi connectivity index (χ1n) is 12.6. The first-order chi connectivity index (χ1) is 17.9. The van der Waals surface area contributed by atoms with Crippen LogP contribution < -0.4 is 21.7 Å². The molecule has 0 radical (unpaired) electrons. The number of hydrogen-bond donors (Lipinski definition) is 7. The van der Waals surface area contributed by atoms with Gasteiger partial charge in [0.1, 0.15) is 23.9 Å². The van der Waals surface area contributed by atoms with E-state index < -0.39 is 47.9 Å². The van der Waals surface area contributed by atoms with Crippen LogP contribution in [-0.2, 0) is 32.0 Å². The topological polar surface area (TPSA) is 200 Å². The molecule has 0 aliphatic heterocycles. The van der Waals surface area contributed by atoms with Gasteiger partial charge in [-0.25, -0.2) is 9.78 Å². The summed E-state index contributed by atoms with van der Waals surface area (Å²) in [6.07, 6.45) is 3.78. The second-order valence-electron chi connectivity index (χ2n) is 9.76. The highest BCUT2D eigenvalue weighted by atomic mass is 16.4. The number of hydrogen-bond acceptors (Lipinski definition) is 7. The molecule has 8 N–H and O–H groups in total. The van der Waals surface area contributed by atoms with Gasteiger partial charge >= 0.3 is 5.97 Å². The Hall–Kier alpha value is -3.93. The highest BCUT2D eigenvalue weighted by Crippen LogP contribution is 2.14. The Labute approximate surface area is 221 Å². The Morgan fingerprint density at radius 1 is 0.947 bits per heavy atom. The molecule has 3 amide bonds. The third-order valence-corrected chi connectivity index (χ3v) is 6.36. The van der Waals surface area contributed by atoms with Crippen LogP contribution in [0.5, 0.6) is 5.75 Å². The van der Waals surface area contributed by atoms with Crippen LogP contribution >= 0.6 is 0 Å². The zero-order valence-electron chi connectivity index (χ0n) is 22.1. The van der Waals surface area contributed by atoms with E-state index in [0.29, 0.717) is 17.7 Å². The maximum Gasteiger partial charge on any atom is 0.326 e. The molecule has 0 bridgehead atoms. The first kappa shape index (κ1) is 30.3. The van der Waals surface area contributed by atoms with E-state index in [4.69, 9.17) is 5.73 Å². The second kappa shape index (κ2) is 14.1. The average molecular weight is 531 g/mol. The van der Waals surface area contributed by atoms with Crippen LogP contribution in [0.25, 0.3) is 0 Å². The summed E-state index contributed by atoms with van der Waals surface area (Å²) in [5.41, 5.74) is 7.36. The number of benzene rings is 1. The fourth-order valence-corrected chi connectivity index (χ4v) is 3.79. The van der Waals surface area contributed by atoms with Gasteiger partial charge in [0.2, 0.25) is 17.7 Å². The highest BCUT2D eigenvalue weighted by molar-refractivity contribution is 5.94. The van der Waals surface area contributed by atoms with Crippen LogP contribution in [-0.4, -0.2) is 68.0 Å². The summed E-state index contributed by atoms with van der Waals surface area (Å²) >= 11 is 0. The monoisotopic (exact) mass is 530 g/mol. The number of amides is 3. The van der Waals surface area contributed by atoms with Gasteiger partial charge in [0, 0.05) is 24.7 Å². The number of aromatic nitrogens is 2. The molecule has 0 aliphatic rings. The number of rotatable bonds is 14. The Kier molecular flexibility index (Phi) is 11.3. The minimum atomic E-state index is -1.17. The summed E-state index contributed by atoms with van der Waals surface area (Å²) in [5, 5.41) is 27.0. The predicted octanol–water partition coefficient (Wildman–Crippen LogP) is 0.469. The lowest BCUT2D eigenvalue weighted by Crippen LogP contribution is -2.59. The van der Waals surface area contributed by atoms with Crippen molar-refractivity contribution in [2.24, 2.45) is 17.6 Å². The van der Waals surface area contributed by atoms with E-state index in [2.05, 4.69) is 25.9 Å². The number of aliphatic carboxylic acids is 1. The minimum Gasteiger partial charge on any atom is -0.508 e. The van der Waals surface area contributed by atoms with E-state index in [-0.39, 0.29) is 30.4 Å². The summed E-state index contributed by atoms with van der Waals surface area (Å²) in [4.78, 5) is 57.8. The first-order valence-corrected chi connectivity index (χ1v) is 12.6. The number of carbonyl (C=O) groups is 4. The zero-order valence-corrected chi connectivity index (χ0v) is 22.1. The number of imidazole rings is 1. The molecule has 0 fully saturated rings. The normalized spacial score (nSPS) is 15.1. The molecule has 38 heavy (non-hydrogen) atoms. The average Bonchev–Trinajstić information content (AvgIpc) is 3.38. The van der Waals surface area contributed by atoms with E-state index in [1.807, 2.05) is 6.92 Å². The lowest BCUT2D eigenvalue weighted by atomic mass is 9.95. The van der Waals surface area contributed by atoms with Gasteiger partial charge in [0.15, 0.2) is 0 Å². The molecule has 0 saturated heterocycles. The number of nitrogens with one attached hydrogen (secondary N) is 4. The van der Waals surface area contributed by atoms with Crippen molar-refractivity contribution in [3.8, 4) is 5.75 Å². The van der Waals surface area contributed by atoms with Crippen LogP contribution in [0.4, 0.5) is 0 Å². The number of carboxylic acid groups (broad SMARTS) is 1. The van der Waals surface area contributed by atoms with Crippen molar-refractivity contribution in [3.05, 3.63) is 48.0 Å². The van der Waals surface area contributed by atoms with Gasteiger partial charge in [-0.2, -0.15) is 0 Å². The zero-order chi connectivity index (χ0) is 28.4. The van der Waals surface area contributed by atoms with Crippen molar-refractivity contribution in [2.45, 2.75) is 71.1 Å². The summed E-state index contributed by atoms with van der Waals surface area (Å²) in [6, 6.07) is 1.93. The number of phenols is 1. The Morgan fingerprint density at radius 2 is 1.58 bits per heavy atom. The number of nitrogens with zero attached hydrogens (tertiary/aromatic N) is 1. The van der Waals surface area contributed by atoms with Crippen LogP contribution in [0.1, 0.15) is 45.4 Å². The van der Waals surface area contributed by atoms with E-state index >= 15 is 0 Å². The van der Waals surface area contributed by atoms with Crippen LogP contribution in [0.3, 0.4) is 0 Å². The Balaban J connectivity index is 2.24. The van der Waals surface area contributed by atoms with Crippen molar-refractivity contribution in [1.82, 2.24) is 25.9 Å². The van der Waals surface area contributed by atoms with Crippen molar-refractivity contribution in [1.29, 1.82) is 0 Å². The Morgan fingerprint density at radius 3 is 2.11 bits per heavy atom. The fraction of sp³-hybridized carbons (Fsp3) is 0.500. The van der Waals surface area contributed by atoms with E-state index in [1.165, 1.54) is 18.5 Å². The highest BCUT2D eigenvalue weighted by Gasteiger charge is 2.33. The fourth-order valence-electron chi connectivity index (χ4n) is 3.79. The lowest BCUT2D eigenvalue weighted by molar-refractivity contribution is -0.144. The molecule has 12 heteroatoms. The molecule has 12 nitrogen and oxygen atoms in total. The number of carboxylic acids is 1. The van der Waals surface area contributed by atoms with Gasteiger partial charge in [0.25, 0.3) is 0 Å². The molecular formula is C26H38N6O6. The van der Waals surface area contributed by atoms with Crippen molar-refractivity contribution in [3.63, 3.8) is 0 Å². The third-order valence-electron chi connectivity index (χ3n) is 6.36. The number of H-pyrrole nitrogens is 1. The molecule has 5 unspecified atom stereocenters. The number of aromatic hydroxyl groups is 1. The molecule has 208 valence electrons. The molecule has 0 aliphatic carbocycles. The summed E-state index contributed by atoms with van der Waals surface area (Å²) in [5.74, 6) is -3.65. The summed E-state index contributed by atoms with van der Waals surface area (Å²) < 4.78 is 0. The molecule has 5 atom stereocenters. The van der Waals surface area contributed by atoms with Crippen LogP contribution in [0.15, 0.2) is 36.8 Å².